The molecule has 0 N–H and O–H groups in total. The van der Waals surface area contributed by atoms with Gasteiger partial charge in [0.2, 0.25) is 0 Å². The van der Waals surface area contributed by atoms with Crippen molar-refractivity contribution in [1.82, 2.24) is 4.90 Å². The third-order valence-corrected chi connectivity index (χ3v) is 2.00. The topological polar surface area (TPSA) is 3.24 Å². The fourth-order valence-electron chi connectivity index (χ4n) is 1.05. The van der Waals surface area contributed by atoms with Gasteiger partial charge in [-0.1, -0.05) is 0 Å². The van der Waals surface area contributed by atoms with Crippen molar-refractivity contribution in [1.29, 1.82) is 0 Å². The summed E-state index contributed by atoms with van der Waals surface area (Å²) in [5.74, 6) is 0. The molecular weight excluding hydrogens is 150 g/mol. The van der Waals surface area contributed by atoms with Gasteiger partial charge in [-0.2, -0.15) is 0 Å². The molecule has 1 heterocycles. The van der Waals surface area contributed by atoms with E-state index in [0.717, 1.165) is 5.44 Å². The second-order valence-electron chi connectivity index (χ2n) is 2.27. The zero-order valence-electron chi connectivity index (χ0n) is 4.99. The van der Waals surface area contributed by atoms with E-state index in [1.807, 2.05) is 0 Å². The maximum absolute atomic E-state index is 5.03. The van der Waals surface area contributed by atoms with Gasteiger partial charge < -0.3 is 0 Å². The molecule has 0 atom stereocenters. The molecule has 1 aliphatic rings. The van der Waals surface area contributed by atoms with Crippen LogP contribution in [0.2, 0.25) is 0 Å². The SMILES string of the molecule is [Cu][CH2]N1CCCCC1. The number of likely N-dealkylation sites (tertiary alicyclic amines) is 1. The Hall–Kier alpha value is 0.479. The van der Waals surface area contributed by atoms with E-state index in [2.05, 4.69) is 4.90 Å². The summed E-state index contributed by atoms with van der Waals surface area (Å²) in [6.45, 7) is 2.47. The van der Waals surface area contributed by atoms with Crippen LogP contribution in [0.4, 0.5) is 0 Å². The quantitative estimate of drug-likeness (QED) is 0.519. The van der Waals surface area contributed by atoms with Crippen molar-refractivity contribution in [3.05, 3.63) is 0 Å². The van der Waals surface area contributed by atoms with Crippen molar-refractivity contribution in [3.63, 3.8) is 0 Å². The fraction of sp³-hybridized carbons (Fsp3) is 1.00. The molecule has 0 aromatic carbocycles. The Bertz CT molecular complexity index is 59.5. The molecule has 0 amide bonds. The number of nitrogens with zero attached hydrogens (tertiary/aromatic N) is 1. The number of hydrogen-bond donors (Lipinski definition) is 0. The standard InChI is InChI=1S/C6H12N.Cu/c1-7-5-3-2-4-6-7;/h1-6H2;. The molecule has 1 aliphatic heterocycles. The van der Waals surface area contributed by atoms with E-state index in [1.165, 1.54) is 32.4 Å². The van der Waals surface area contributed by atoms with Crippen molar-refractivity contribution < 1.29 is 16.0 Å². The molecule has 0 aromatic rings. The van der Waals surface area contributed by atoms with Crippen LogP contribution in [0.1, 0.15) is 19.3 Å². The van der Waals surface area contributed by atoms with Gasteiger partial charge in [-0.05, 0) is 0 Å². The van der Waals surface area contributed by atoms with Crippen LogP contribution in [-0.2, 0) is 16.0 Å². The second kappa shape index (κ2) is 3.49. The number of rotatable bonds is 1. The van der Waals surface area contributed by atoms with Crippen molar-refractivity contribution in [2.45, 2.75) is 19.3 Å². The summed E-state index contributed by atoms with van der Waals surface area (Å²) < 4.78 is 0. The minimum atomic E-state index is 0.812. The van der Waals surface area contributed by atoms with Crippen LogP contribution in [-0.4, -0.2) is 23.4 Å². The summed E-state index contributed by atoms with van der Waals surface area (Å²) in [6, 6.07) is 0. The van der Waals surface area contributed by atoms with Crippen LogP contribution in [0.25, 0.3) is 0 Å². The van der Waals surface area contributed by atoms with Crippen molar-refractivity contribution >= 4 is 0 Å². The van der Waals surface area contributed by atoms with Crippen LogP contribution < -0.4 is 0 Å². The van der Waals surface area contributed by atoms with Gasteiger partial charge in [0.15, 0.2) is 0 Å². The van der Waals surface area contributed by atoms with E-state index in [-0.39, 0.29) is 0 Å². The zero-order valence-corrected chi connectivity index (χ0v) is 5.93. The molecule has 0 aromatic heterocycles. The van der Waals surface area contributed by atoms with Gasteiger partial charge in [-0.25, -0.2) is 0 Å². The van der Waals surface area contributed by atoms with Crippen LogP contribution >= 0.6 is 0 Å². The van der Waals surface area contributed by atoms with Crippen molar-refractivity contribution in [2.75, 3.05) is 18.5 Å². The molecule has 1 fully saturated rings. The Kier molecular flexibility index (Phi) is 2.88. The summed E-state index contributed by atoms with van der Waals surface area (Å²) >= 11 is 5.03. The summed E-state index contributed by atoms with van der Waals surface area (Å²) in [5.41, 5.74) is 0.812. The Morgan fingerprint density at radius 2 is 1.75 bits per heavy atom. The maximum atomic E-state index is 5.03. The van der Waals surface area contributed by atoms with Gasteiger partial charge >= 0.3 is 58.7 Å². The van der Waals surface area contributed by atoms with Crippen LogP contribution in [0.5, 0.6) is 0 Å². The molecule has 0 aliphatic carbocycles. The summed E-state index contributed by atoms with van der Waals surface area (Å²) in [6.07, 6.45) is 4.12. The Balaban J connectivity index is 2.13. The molecule has 52 valence electrons. The molecule has 0 bridgehead atoms. The monoisotopic (exact) mass is 161 g/mol. The van der Waals surface area contributed by atoms with Gasteiger partial charge in [0.05, 0.1) is 0 Å². The van der Waals surface area contributed by atoms with Gasteiger partial charge in [-0.3, -0.25) is 0 Å². The molecule has 1 saturated heterocycles. The van der Waals surface area contributed by atoms with Gasteiger partial charge in [-0.15, -0.1) is 0 Å². The van der Waals surface area contributed by atoms with E-state index in [0.29, 0.717) is 0 Å². The normalized spacial score (nSPS) is 23.8. The van der Waals surface area contributed by atoms with Gasteiger partial charge in [0.1, 0.15) is 0 Å². The van der Waals surface area contributed by atoms with E-state index < -0.39 is 0 Å². The molecule has 0 spiro atoms. The third kappa shape index (κ3) is 1.77. The molecule has 1 nitrogen and oxygen atoms in total. The predicted molar refractivity (Wildman–Crippen MR) is 30.3 cm³/mol. The molecule has 8 heavy (non-hydrogen) atoms. The van der Waals surface area contributed by atoms with Crippen LogP contribution in [0, 0.1) is 0 Å². The molecule has 0 radical (unpaired) electrons. The summed E-state index contributed by atoms with van der Waals surface area (Å²) in [5, 5.41) is 0. The van der Waals surface area contributed by atoms with Gasteiger partial charge in [0, 0.05) is 0 Å². The van der Waals surface area contributed by atoms with E-state index in [1.54, 1.807) is 0 Å². The molecule has 1 rings (SSSR count). The molecule has 2 heteroatoms. The molecule has 0 saturated carbocycles. The van der Waals surface area contributed by atoms with Crippen LogP contribution in [0.3, 0.4) is 0 Å². The summed E-state index contributed by atoms with van der Waals surface area (Å²) in [7, 11) is 0. The van der Waals surface area contributed by atoms with E-state index in [9.17, 15) is 0 Å². The Morgan fingerprint density at radius 3 is 2.12 bits per heavy atom. The number of piperidine rings is 1. The second-order valence-corrected chi connectivity index (χ2v) is 2.57. The van der Waals surface area contributed by atoms with Crippen LogP contribution in [0.15, 0.2) is 0 Å². The Morgan fingerprint density at radius 1 is 1.12 bits per heavy atom. The first-order chi connectivity index (χ1) is 3.93. The first-order valence-electron chi connectivity index (χ1n) is 3.16. The Labute approximate surface area is 59.3 Å². The van der Waals surface area contributed by atoms with E-state index >= 15 is 0 Å². The number of hydrogen-bond acceptors (Lipinski definition) is 1. The van der Waals surface area contributed by atoms with E-state index in [4.69, 9.17) is 16.0 Å². The molecular formula is C6H12CuN. The fourth-order valence-corrected chi connectivity index (χ4v) is 1.35. The van der Waals surface area contributed by atoms with Gasteiger partial charge in [0.25, 0.3) is 0 Å². The average Bonchev–Trinajstić information content (AvgIpc) is 1.90. The minimum absolute atomic E-state index is 0.812. The van der Waals surface area contributed by atoms with Crippen molar-refractivity contribution in [2.24, 2.45) is 0 Å². The van der Waals surface area contributed by atoms with Crippen molar-refractivity contribution in [3.8, 4) is 0 Å². The summed E-state index contributed by atoms with van der Waals surface area (Å²) in [4.78, 5) is 2.32. The first-order valence-corrected chi connectivity index (χ1v) is 3.83. The first kappa shape index (κ1) is 6.60. The average molecular weight is 162 g/mol. The molecule has 0 unspecified atom stereocenters. The third-order valence-electron chi connectivity index (χ3n) is 1.58. The zero-order chi connectivity index (χ0) is 5.82. The predicted octanol–water partition coefficient (Wildman–Crippen LogP) is 0.977.